The van der Waals surface area contributed by atoms with E-state index in [1.165, 1.54) is 12.3 Å². The van der Waals surface area contributed by atoms with Crippen LogP contribution in [0.4, 0.5) is 5.69 Å². The van der Waals surface area contributed by atoms with Gasteiger partial charge in [-0.05, 0) is 31.9 Å². The molecule has 1 aliphatic heterocycles. The Morgan fingerprint density at radius 2 is 2.33 bits per heavy atom. The molecule has 1 aromatic heterocycles. The summed E-state index contributed by atoms with van der Waals surface area (Å²) in [5.74, 6) is 0. The van der Waals surface area contributed by atoms with Crippen LogP contribution in [0.2, 0.25) is 0 Å². The van der Waals surface area contributed by atoms with E-state index >= 15 is 0 Å². The van der Waals surface area contributed by atoms with Crippen molar-refractivity contribution < 1.29 is 13.2 Å². The number of anilines is 1. The number of hydrogen-bond acceptors (Lipinski definition) is 5. The first kappa shape index (κ1) is 13.3. The van der Waals surface area contributed by atoms with Gasteiger partial charge in [0.05, 0.1) is 17.8 Å². The molecule has 0 aliphatic carbocycles. The van der Waals surface area contributed by atoms with Gasteiger partial charge in [-0.25, -0.2) is 18.1 Å². The fraction of sp³-hybridized carbons (Fsp3) is 0.545. The second-order valence-corrected chi connectivity index (χ2v) is 6.32. The van der Waals surface area contributed by atoms with Crippen LogP contribution in [-0.4, -0.2) is 32.2 Å². The van der Waals surface area contributed by atoms with Crippen molar-refractivity contribution in [2.45, 2.75) is 30.3 Å². The molecular weight excluding hydrogens is 254 g/mol. The summed E-state index contributed by atoms with van der Waals surface area (Å²) < 4.78 is 32.4. The van der Waals surface area contributed by atoms with E-state index in [0.717, 1.165) is 12.8 Å². The lowest BCUT2D eigenvalue weighted by molar-refractivity contribution is 0.0386. The van der Waals surface area contributed by atoms with Crippen molar-refractivity contribution in [3.8, 4) is 0 Å². The van der Waals surface area contributed by atoms with E-state index in [1.807, 2.05) is 6.92 Å². The van der Waals surface area contributed by atoms with E-state index in [9.17, 15) is 8.42 Å². The molecule has 100 valence electrons. The molecule has 0 saturated carbocycles. The predicted molar refractivity (Wildman–Crippen MR) is 67.4 cm³/mol. The Morgan fingerprint density at radius 3 is 2.94 bits per heavy atom. The number of rotatable bonds is 3. The lowest BCUT2D eigenvalue weighted by Gasteiger charge is -2.33. The second kappa shape index (κ2) is 4.83. The smallest absolute Gasteiger partial charge is 0.260 e. The highest BCUT2D eigenvalue weighted by Crippen LogP contribution is 2.22. The number of sulfonamides is 1. The van der Waals surface area contributed by atoms with Crippen LogP contribution in [-0.2, 0) is 14.8 Å². The number of nitrogen functional groups attached to an aromatic ring is 1. The molecule has 1 saturated heterocycles. The zero-order valence-electron chi connectivity index (χ0n) is 10.2. The molecule has 2 rings (SSSR count). The quantitative estimate of drug-likeness (QED) is 0.835. The van der Waals surface area contributed by atoms with Crippen molar-refractivity contribution in [1.82, 2.24) is 9.71 Å². The molecule has 1 atom stereocenters. The third kappa shape index (κ3) is 2.80. The molecule has 18 heavy (non-hydrogen) atoms. The first-order chi connectivity index (χ1) is 8.43. The third-order valence-electron chi connectivity index (χ3n) is 2.87. The summed E-state index contributed by atoms with van der Waals surface area (Å²) in [6, 6.07) is 3.11. The van der Waals surface area contributed by atoms with Crippen LogP contribution in [0.3, 0.4) is 0 Å². The molecule has 2 heterocycles. The standard InChI is InChI=1S/C11H17N3O3S/c1-11(5-3-7-17-8-11)14-18(15,16)10-9(12)4-2-6-13-10/h2,4,6,14H,3,5,7-8,12H2,1H3. The molecule has 1 aromatic rings. The van der Waals surface area contributed by atoms with E-state index in [4.69, 9.17) is 10.5 Å². The van der Waals surface area contributed by atoms with Crippen LogP contribution in [0.15, 0.2) is 23.4 Å². The van der Waals surface area contributed by atoms with Gasteiger partial charge >= 0.3 is 0 Å². The molecular formula is C11H17N3O3S. The summed E-state index contributed by atoms with van der Waals surface area (Å²) in [5, 5.41) is -0.128. The number of nitrogens with one attached hydrogen (secondary N) is 1. The minimum absolute atomic E-state index is 0.128. The Hall–Kier alpha value is -1.18. The Labute approximate surface area is 107 Å². The number of nitrogens with zero attached hydrogens (tertiary/aromatic N) is 1. The fourth-order valence-corrected chi connectivity index (χ4v) is 3.50. The van der Waals surface area contributed by atoms with Gasteiger partial charge in [-0.2, -0.15) is 0 Å². The third-order valence-corrected chi connectivity index (χ3v) is 4.49. The first-order valence-corrected chi connectivity index (χ1v) is 7.24. The van der Waals surface area contributed by atoms with Crippen molar-refractivity contribution in [3.63, 3.8) is 0 Å². The summed E-state index contributed by atoms with van der Waals surface area (Å²) >= 11 is 0. The molecule has 0 spiro atoms. The van der Waals surface area contributed by atoms with Crippen LogP contribution in [0.1, 0.15) is 19.8 Å². The van der Waals surface area contributed by atoms with Crippen LogP contribution >= 0.6 is 0 Å². The number of nitrogens with two attached hydrogens (primary N) is 1. The first-order valence-electron chi connectivity index (χ1n) is 5.75. The maximum Gasteiger partial charge on any atom is 0.260 e. The lowest BCUT2D eigenvalue weighted by Crippen LogP contribution is -2.51. The minimum Gasteiger partial charge on any atom is -0.396 e. The van der Waals surface area contributed by atoms with Crippen molar-refractivity contribution in [2.75, 3.05) is 18.9 Å². The Balaban J connectivity index is 2.25. The molecule has 6 nitrogen and oxygen atoms in total. The summed E-state index contributed by atoms with van der Waals surface area (Å²) in [5.41, 5.74) is 5.19. The maximum absolute atomic E-state index is 12.2. The molecule has 3 N–H and O–H groups in total. The maximum atomic E-state index is 12.2. The van der Waals surface area contributed by atoms with Gasteiger partial charge in [0, 0.05) is 12.8 Å². The Morgan fingerprint density at radius 1 is 1.56 bits per heavy atom. The largest absolute Gasteiger partial charge is 0.396 e. The topological polar surface area (TPSA) is 94.3 Å². The SMILES string of the molecule is CC1(NS(=O)(=O)c2ncccc2N)CCCOC1. The fourth-order valence-electron chi connectivity index (χ4n) is 2.02. The number of ether oxygens (including phenoxy) is 1. The zero-order valence-corrected chi connectivity index (χ0v) is 11.0. The summed E-state index contributed by atoms with van der Waals surface area (Å²) in [6.45, 7) is 2.85. The van der Waals surface area contributed by atoms with Gasteiger partial charge in [-0.15, -0.1) is 0 Å². The molecule has 0 bridgehead atoms. The van der Waals surface area contributed by atoms with Crippen molar-refractivity contribution in [3.05, 3.63) is 18.3 Å². The monoisotopic (exact) mass is 271 g/mol. The van der Waals surface area contributed by atoms with E-state index < -0.39 is 15.6 Å². The average Bonchev–Trinajstić information content (AvgIpc) is 2.28. The van der Waals surface area contributed by atoms with Gasteiger partial charge in [-0.1, -0.05) is 0 Å². The van der Waals surface area contributed by atoms with Gasteiger partial charge in [0.25, 0.3) is 10.0 Å². The molecule has 1 unspecified atom stereocenters. The number of pyridine rings is 1. The van der Waals surface area contributed by atoms with Gasteiger partial charge in [0.1, 0.15) is 0 Å². The highest BCUT2D eigenvalue weighted by molar-refractivity contribution is 7.89. The Kier molecular flexibility index (Phi) is 3.56. The highest BCUT2D eigenvalue weighted by atomic mass is 32.2. The minimum atomic E-state index is -3.72. The summed E-state index contributed by atoms with van der Waals surface area (Å²) in [4.78, 5) is 3.83. The molecule has 1 fully saturated rings. The van der Waals surface area contributed by atoms with Crippen molar-refractivity contribution >= 4 is 15.7 Å². The highest BCUT2D eigenvalue weighted by Gasteiger charge is 2.34. The van der Waals surface area contributed by atoms with Crippen LogP contribution < -0.4 is 10.5 Å². The Bertz CT molecular complexity index is 524. The van der Waals surface area contributed by atoms with E-state index in [0.29, 0.717) is 13.2 Å². The van der Waals surface area contributed by atoms with Gasteiger partial charge in [-0.3, -0.25) is 0 Å². The second-order valence-electron chi connectivity index (χ2n) is 4.72. The van der Waals surface area contributed by atoms with Gasteiger partial charge < -0.3 is 10.5 Å². The average molecular weight is 271 g/mol. The summed E-state index contributed by atoms with van der Waals surface area (Å²) in [6.07, 6.45) is 2.97. The van der Waals surface area contributed by atoms with Crippen LogP contribution in [0.25, 0.3) is 0 Å². The van der Waals surface area contributed by atoms with Crippen LogP contribution in [0, 0.1) is 0 Å². The lowest BCUT2D eigenvalue weighted by atomic mass is 9.97. The zero-order chi connectivity index (χ0) is 13.2. The number of aromatic nitrogens is 1. The van der Waals surface area contributed by atoms with Gasteiger partial charge in [0.15, 0.2) is 5.03 Å². The normalized spacial score (nSPS) is 24.9. The molecule has 7 heteroatoms. The van der Waals surface area contributed by atoms with E-state index in [1.54, 1.807) is 6.07 Å². The van der Waals surface area contributed by atoms with Crippen LogP contribution in [0.5, 0.6) is 0 Å². The van der Waals surface area contributed by atoms with Crippen molar-refractivity contribution in [1.29, 1.82) is 0 Å². The molecule has 0 radical (unpaired) electrons. The molecule has 0 amide bonds. The predicted octanol–water partition coefficient (Wildman–Crippen LogP) is 0.511. The van der Waals surface area contributed by atoms with E-state index in [2.05, 4.69) is 9.71 Å². The van der Waals surface area contributed by atoms with Gasteiger partial charge in [0.2, 0.25) is 0 Å². The van der Waals surface area contributed by atoms with E-state index in [-0.39, 0.29) is 10.7 Å². The molecule has 1 aliphatic rings. The number of hydrogen-bond donors (Lipinski definition) is 2. The van der Waals surface area contributed by atoms with Crippen molar-refractivity contribution in [2.24, 2.45) is 0 Å². The summed E-state index contributed by atoms with van der Waals surface area (Å²) in [7, 11) is -3.72. The molecule has 0 aromatic carbocycles.